The Hall–Kier alpha value is -1.22. The van der Waals surface area contributed by atoms with E-state index in [1.54, 1.807) is 7.11 Å². The first-order chi connectivity index (χ1) is 8.67. The van der Waals surface area contributed by atoms with E-state index in [4.69, 9.17) is 4.74 Å². The van der Waals surface area contributed by atoms with E-state index in [9.17, 15) is 0 Å². The Labute approximate surface area is 110 Å². The van der Waals surface area contributed by atoms with Gasteiger partial charge in [0.05, 0.1) is 7.11 Å². The van der Waals surface area contributed by atoms with Crippen LogP contribution in [0.2, 0.25) is 0 Å². The highest BCUT2D eigenvalue weighted by Gasteiger charge is 2.27. The summed E-state index contributed by atoms with van der Waals surface area (Å²) >= 11 is 0. The van der Waals surface area contributed by atoms with E-state index < -0.39 is 0 Å². The summed E-state index contributed by atoms with van der Waals surface area (Å²) in [7, 11) is 1.72. The molecule has 1 fully saturated rings. The molecule has 0 saturated carbocycles. The number of rotatable bonds is 3. The number of anilines is 1. The van der Waals surface area contributed by atoms with Gasteiger partial charge in [0.1, 0.15) is 5.75 Å². The molecule has 18 heavy (non-hydrogen) atoms. The molecule has 3 heteroatoms. The summed E-state index contributed by atoms with van der Waals surface area (Å²) in [4.78, 5) is 2.46. The lowest BCUT2D eigenvalue weighted by Gasteiger charge is -2.34. The number of ether oxygens (including phenoxy) is 1. The minimum atomic E-state index is 0.208. The van der Waals surface area contributed by atoms with E-state index in [0.29, 0.717) is 0 Å². The molecule has 0 aliphatic carbocycles. The van der Waals surface area contributed by atoms with Crippen molar-refractivity contribution in [2.45, 2.75) is 32.2 Å². The van der Waals surface area contributed by atoms with Crippen LogP contribution in [0.5, 0.6) is 5.75 Å². The second-order valence-corrected chi connectivity index (χ2v) is 5.32. The van der Waals surface area contributed by atoms with Gasteiger partial charge < -0.3 is 15.0 Å². The third kappa shape index (κ3) is 2.96. The molecule has 1 aromatic rings. The van der Waals surface area contributed by atoms with Crippen LogP contribution in [0.1, 0.15) is 26.7 Å². The normalized spacial score (nSPS) is 24.7. The summed E-state index contributed by atoms with van der Waals surface area (Å²) in [6, 6.07) is 8.36. The van der Waals surface area contributed by atoms with Crippen LogP contribution in [0.3, 0.4) is 0 Å². The highest BCUT2D eigenvalue weighted by molar-refractivity contribution is 5.51. The standard InChI is InChI=1S/C15H24N2O/c1-4-15(2)12-17(10-6-9-16-15)13-7-5-8-14(11-13)18-3/h5,7-8,11,16H,4,6,9-10,12H2,1-3H3. The van der Waals surface area contributed by atoms with Crippen molar-refractivity contribution in [2.75, 3.05) is 31.6 Å². The molecular formula is C15H24N2O. The lowest BCUT2D eigenvalue weighted by Crippen LogP contribution is -2.48. The molecule has 1 atom stereocenters. The van der Waals surface area contributed by atoms with E-state index in [2.05, 4.69) is 42.3 Å². The van der Waals surface area contributed by atoms with E-state index in [1.165, 1.54) is 12.1 Å². The Morgan fingerprint density at radius 3 is 3.00 bits per heavy atom. The maximum Gasteiger partial charge on any atom is 0.120 e. The topological polar surface area (TPSA) is 24.5 Å². The van der Waals surface area contributed by atoms with Crippen molar-refractivity contribution in [1.29, 1.82) is 0 Å². The van der Waals surface area contributed by atoms with Gasteiger partial charge in [0.25, 0.3) is 0 Å². The van der Waals surface area contributed by atoms with Gasteiger partial charge in [-0.2, -0.15) is 0 Å². The third-order valence-corrected chi connectivity index (χ3v) is 3.90. The molecule has 0 radical (unpaired) electrons. The first kappa shape index (κ1) is 13.2. The summed E-state index contributed by atoms with van der Waals surface area (Å²) in [6.45, 7) is 7.82. The zero-order valence-electron chi connectivity index (χ0n) is 11.7. The van der Waals surface area contributed by atoms with Gasteiger partial charge >= 0.3 is 0 Å². The molecule has 3 nitrogen and oxygen atoms in total. The van der Waals surface area contributed by atoms with E-state index in [-0.39, 0.29) is 5.54 Å². The van der Waals surface area contributed by atoms with E-state index >= 15 is 0 Å². The van der Waals surface area contributed by atoms with Crippen LogP contribution in [-0.2, 0) is 0 Å². The Kier molecular flexibility index (Phi) is 4.12. The Morgan fingerprint density at radius 1 is 1.44 bits per heavy atom. The molecule has 100 valence electrons. The average Bonchev–Trinajstić information content (AvgIpc) is 2.62. The molecule has 1 aromatic carbocycles. The van der Waals surface area contributed by atoms with Crippen molar-refractivity contribution < 1.29 is 4.74 Å². The number of nitrogens with one attached hydrogen (secondary N) is 1. The van der Waals surface area contributed by atoms with Crippen LogP contribution in [0.4, 0.5) is 5.69 Å². The fourth-order valence-corrected chi connectivity index (χ4v) is 2.48. The van der Waals surface area contributed by atoms with Crippen molar-refractivity contribution in [2.24, 2.45) is 0 Å². The second kappa shape index (κ2) is 5.61. The molecule has 0 bridgehead atoms. The fraction of sp³-hybridized carbons (Fsp3) is 0.600. The van der Waals surface area contributed by atoms with Gasteiger partial charge in [0, 0.05) is 30.4 Å². The highest BCUT2D eigenvalue weighted by Crippen LogP contribution is 2.25. The Morgan fingerprint density at radius 2 is 2.28 bits per heavy atom. The highest BCUT2D eigenvalue weighted by atomic mass is 16.5. The molecule has 1 heterocycles. The summed E-state index contributed by atoms with van der Waals surface area (Å²) in [5, 5.41) is 3.66. The maximum atomic E-state index is 5.31. The molecule has 1 unspecified atom stereocenters. The third-order valence-electron chi connectivity index (χ3n) is 3.90. The molecule has 1 aliphatic rings. The van der Waals surface area contributed by atoms with Crippen molar-refractivity contribution in [3.63, 3.8) is 0 Å². The van der Waals surface area contributed by atoms with Crippen molar-refractivity contribution in [1.82, 2.24) is 5.32 Å². The van der Waals surface area contributed by atoms with Crippen LogP contribution in [0.15, 0.2) is 24.3 Å². The SMILES string of the molecule is CCC1(C)CN(c2cccc(OC)c2)CCCN1. The maximum absolute atomic E-state index is 5.31. The molecule has 1 saturated heterocycles. The number of methoxy groups -OCH3 is 1. The van der Waals surface area contributed by atoms with Gasteiger partial charge in [-0.1, -0.05) is 13.0 Å². The molecule has 0 aromatic heterocycles. The first-order valence-corrected chi connectivity index (χ1v) is 6.81. The number of benzene rings is 1. The predicted octanol–water partition coefficient (Wildman–Crippen LogP) is 2.66. The van der Waals surface area contributed by atoms with Crippen molar-refractivity contribution in [3.05, 3.63) is 24.3 Å². The first-order valence-electron chi connectivity index (χ1n) is 6.81. The smallest absolute Gasteiger partial charge is 0.120 e. The minimum Gasteiger partial charge on any atom is -0.497 e. The molecule has 0 spiro atoms. The fourth-order valence-electron chi connectivity index (χ4n) is 2.48. The summed E-state index contributed by atoms with van der Waals surface area (Å²) in [5.41, 5.74) is 1.47. The van der Waals surface area contributed by atoms with Crippen LogP contribution in [-0.4, -0.2) is 32.3 Å². The largest absolute Gasteiger partial charge is 0.497 e. The minimum absolute atomic E-state index is 0.208. The number of hydrogen-bond donors (Lipinski definition) is 1. The quantitative estimate of drug-likeness (QED) is 0.890. The lowest BCUT2D eigenvalue weighted by molar-refractivity contribution is 0.366. The molecule has 2 rings (SSSR count). The van der Waals surface area contributed by atoms with Gasteiger partial charge in [-0.3, -0.25) is 0 Å². The predicted molar refractivity (Wildman–Crippen MR) is 76.5 cm³/mol. The van der Waals surface area contributed by atoms with Gasteiger partial charge in [-0.15, -0.1) is 0 Å². The van der Waals surface area contributed by atoms with Crippen molar-refractivity contribution in [3.8, 4) is 5.75 Å². The monoisotopic (exact) mass is 248 g/mol. The lowest BCUT2D eigenvalue weighted by atomic mass is 9.98. The second-order valence-electron chi connectivity index (χ2n) is 5.32. The van der Waals surface area contributed by atoms with E-state index in [1.807, 2.05) is 6.07 Å². The average molecular weight is 248 g/mol. The van der Waals surface area contributed by atoms with Crippen LogP contribution in [0, 0.1) is 0 Å². The molecule has 1 N–H and O–H groups in total. The zero-order chi connectivity index (χ0) is 13.0. The molecule has 0 amide bonds. The number of nitrogens with zero attached hydrogens (tertiary/aromatic N) is 1. The zero-order valence-corrected chi connectivity index (χ0v) is 11.7. The number of hydrogen-bond acceptors (Lipinski definition) is 3. The summed E-state index contributed by atoms with van der Waals surface area (Å²) < 4.78 is 5.31. The molecular weight excluding hydrogens is 224 g/mol. The summed E-state index contributed by atoms with van der Waals surface area (Å²) in [6.07, 6.45) is 2.33. The summed E-state index contributed by atoms with van der Waals surface area (Å²) in [5.74, 6) is 0.933. The molecule has 1 aliphatic heterocycles. The Balaban J connectivity index is 2.19. The van der Waals surface area contributed by atoms with Crippen LogP contribution >= 0.6 is 0 Å². The van der Waals surface area contributed by atoms with Crippen LogP contribution < -0.4 is 15.0 Å². The van der Waals surface area contributed by atoms with Gasteiger partial charge in [-0.25, -0.2) is 0 Å². The Bertz CT molecular complexity index is 394. The van der Waals surface area contributed by atoms with E-state index in [0.717, 1.165) is 31.8 Å². The van der Waals surface area contributed by atoms with Gasteiger partial charge in [0.2, 0.25) is 0 Å². The van der Waals surface area contributed by atoms with Gasteiger partial charge in [-0.05, 0) is 38.4 Å². The van der Waals surface area contributed by atoms with Crippen LogP contribution in [0.25, 0.3) is 0 Å². The van der Waals surface area contributed by atoms with Crippen molar-refractivity contribution >= 4 is 5.69 Å². The van der Waals surface area contributed by atoms with Gasteiger partial charge in [0.15, 0.2) is 0 Å².